The molecule has 0 radical (unpaired) electrons. The lowest BCUT2D eigenvalue weighted by Gasteiger charge is -2.13. The van der Waals surface area contributed by atoms with E-state index in [1.807, 2.05) is 0 Å². The Bertz CT molecular complexity index is 527. The summed E-state index contributed by atoms with van der Waals surface area (Å²) in [6.07, 6.45) is 0. The molecule has 0 fully saturated rings. The summed E-state index contributed by atoms with van der Waals surface area (Å²) in [5, 5.41) is -0.522. The maximum absolute atomic E-state index is 11.8. The van der Waals surface area contributed by atoms with E-state index >= 15 is 0 Å². The molecule has 0 spiro atoms. The van der Waals surface area contributed by atoms with E-state index in [4.69, 9.17) is 5.73 Å². The first-order valence-electron chi connectivity index (χ1n) is 5.34. The molecule has 0 saturated heterocycles. The van der Waals surface area contributed by atoms with Crippen molar-refractivity contribution in [2.24, 2.45) is 5.73 Å². The molecule has 1 aromatic rings. The van der Waals surface area contributed by atoms with Crippen LogP contribution in [0.15, 0.2) is 29.2 Å². The number of primary amides is 1. The van der Waals surface area contributed by atoms with Gasteiger partial charge in [-0.2, -0.15) is 0 Å². The van der Waals surface area contributed by atoms with Crippen LogP contribution in [0.3, 0.4) is 0 Å². The van der Waals surface area contributed by atoms with E-state index in [9.17, 15) is 13.2 Å². The summed E-state index contributed by atoms with van der Waals surface area (Å²) in [6.45, 7) is 3.20. The van der Waals surface area contributed by atoms with E-state index in [-0.39, 0.29) is 5.75 Å². The van der Waals surface area contributed by atoms with E-state index in [1.54, 1.807) is 38.1 Å². The number of anilines is 1. The van der Waals surface area contributed by atoms with E-state index in [0.717, 1.165) is 0 Å². The number of sulfonamides is 1. The van der Waals surface area contributed by atoms with Gasteiger partial charge in [0.05, 0.1) is 16.7 Å². The van der Waals surface area contributed by atoms with Crippen LogP contribution in [0.2, 0.25) is 0 Å². The van der Waals surface area contributed by atoms with Gasteiger partial charge in [0.25, 0.3) is 0 Å². The molecule has 0 aliphatic heterocycles. The predicted octanol–water partition coefficient (Wildman–Crippen LogP) is 1.41. The zero-order valence-electron chi connectivity index (χ0n) is 10.2. The number of benzene rings is 1. The molecule has 7 heteroatoms. The first kappa shape index (κ1) is 14.8. The number of para-hydroxylation sites is 1. The zero-order valence-corrected chi connectivity index (χ0v) is 11.8. The van der Waals surface area contributed by atoms with Gasteiger partial charge in [0.15, 0.2) is 0 Å². The summed E-state index contributed by atoms with van der Waals surface area (Å²) in [6, 6.07) is 6.90. The van der Waals surface area contributed by atoms with Gasteiger partial charge >= 0.3 is 0 Å². The van der Waals surface area contributed by atoms with Crippen LogP contribution in [0, 0.1) is 0 Å². The second kappa shape index (κ2) is 6.10. The first-order chi connectivity index (χ1) is 8.33. The minimum absolute atomic E-state index is 0.112. The Kier molecular flexibility index (Phi) is 5.03. The summed E-state index contributed by atoms with van der Waals surface area (Å²) in [7, 11) is -3.39. The molecular weight excluding hydrogens is 272 g/mol. The highest BCUT2D eigenvalue weighted by atomic mass is 32.2. The molecule has 0 saturated carbocycles. The molecule has 0 bridgehead atoms. The summed E-state index contributed by atoms with van der Waals surface area (Å²) < 4.78 is 26.1. The normalized spacial score (nSPS) is 11.5. The van der Waals surface area contributed by atoms with Crippen LogP contribution in [-0.4, -0.2) is 25.3 Å². The lowest BCUT2D eigenvalue weighted by molar-refractivity contribution is -0.115. The number of amides is 1. The van der Waals surface area contributed by atoms with Crippen molar-refractivity contribution in [2.45, 2.75) is 24.0 Å². The highest BCUT2D eigenvalue weighted by Gasteiger charge is 2.17. The predicted molar refractivity (Wildman–Crippen MR) is 74.0 cm³/mol. The van der Waals surface area contributed by atoms with Crippen molar-refractivity contribution in [2.75, 3.05) is 10.5 Å². The summed E-state index contributed by atoms with van der Waals surface area (Å²) in [5.41, 5.74) is 5.54. The molecule has 5 nitrogen and oxygen atoms in total. The standard InChI is InChI=1S/C11H16N2O3S2/c1-8(2)18(15,16)13-9-5-3-4-6-10(9)17-7-11(12)14/h3-6,8,13H,7H2,1-2H3,(H2,12,14). The van der Waals surface area contributed by atoms with Gasteiger partial charge in [0.2, 0.25) is 15.9 Å². The molecule has 0 aliphatic rings. The lowest BCUT2D eigenvalue weighted by atomic mass is 10.3. The second-order valence-electron chi connectivity index (χ2n) is 3.95. The Balaban J connectivity index is 2.92. The number of rotatable bonds is 6. The van der Waals surface area contributed by atoms with Gasteiger partial charge in [0, 0.05) is 4.90 Å². The fourth-order valence-corrected chi connectivity index (χ4v) is 2.63. The van der Waals surface area contributed by atoms with Gasteiger partial charge in [-0.3, -0.25) is 9.52 Å². The van der Waals surface area contributed by atoms with E-state index in [0.29, 0.717) is 10.6 Å². The largest absolute Gasteiger partial charge is 0.369 e. The van der Waals surface area contributed by atoms with Crippen molar-refractivity contribution < 1.29 is 13.2 Å². The average molecular weight is 288 g/mol. The van der Waals surface area contributed by atoms with Crippen molar-refractivity contribution in [1.82, 2.24) is 0 Å². The van der Waals surface area contributed by atoms with E-state index in [2.05, 4.69) is 4.72 Å². The molecule has 1 aromatic carbocycles. The van der Waals surface area contributed by atoms with Gasteiger partial charge in [-0.25, -0.2) is 8.42 Å². The molecular formula is C11H16N2O3S2. The van der Waals surface area contributed by atoms with Crippen LogP contribution in [0.4, 0.5) is 5.69 Å². The van der Waals surface area contributed by atoms with Crippen molar-refractivity contribution in [3.8, 4) is 0 Å². The Morgan fingerprint density at radius 3 is 2.56 bits per heavy atom. The number of nitrogens with two attached hydrogens (primary N) is 1. The number of hydrogen-bond donors (Lipinski definition) is 2. The van der Waals surface area contributed by atoms with Crippen molar-refractivity contribution >= 4 is 33.4 Å². The highest BCUT2D eigenvalue weighted by molar-refractivity contribution is 8.00. The molecule has 0 unspecified atom stereocenters. The molecule has 0 atom stereocenters. The fraction of sp³-hybridized carbons (Fsp3) is 0.364. The topological polar surface area (TPSA) is 89.3 Å². The third-order valence-electron chi connectivity index (χ3n) is 2.13. The summed E-state index contributed by atoms with van der Waals surface area (Å²) >= 11 is 1.21. The lowest BCUT2D eigenvalue weighted by Crippen LogP contribution is -2.22. The number of thioether (sulfide) groups is 1. The highest BCUT2D eigenvalue weighted by Crippen LogP contribution is 2.27. The van der Waals surface area contributed by atoms with Gasteiger partial charge in [0.1, 0.15) is 0 Å². The quantitative estimate of drug-likeness (QED) is 0.775. The fourth-order valence-electron chi connectivity index (χ4n) is 1.10. The minimum atomic E-state index is -3.39. The Labute approximate surface area is 111 Å². The Morgan fingerprint density at radius 1 is 1.39 bits per heavy atom. The molecule has 1 amide bonds. The maximum Gasteiger partial charge on any atom is 0.235 e. The third kappa shape index (κ3) is 4.23. The van der Waals surface area contributed by atoms with Crippen LogP contribution in [0.1, 0.15) is 13.8 Å². The van der Waals surface area contributed by atoms with Gasteiger partial charge in [-0.15, -0.1) is 11.8 Å². The number of hydrogen-bond acceptors (Lipinski definition) is 4. The molecule has 18 heavy (non-hydrogen) atoms. The number of nitrogens with one attached hydrogen (secondary N) is 1. The second-order valence-corrected chi connectivity index (χ2v) is 7.20. The monoisotopic (exact) mass is 288 g/mol. The maximum atomic E-state index is 11.8. The van der Waals surface area contributed by atoms with Crippen LogP contribution >= 0.6 is 11.8 Å². The Hall–Kier alpha value is -1.21. The van der Waals surface area contributed by atoms with Crippen molar-refractivity contribution in [1.29, 1.82) is 0 Å². The minimum Gasteiger partial charge on any atom is -0.369 e. The average Bonchev–Trinajstić information content (AvgIpc) is 2.27. The summed E-state index contributed by atoms with van der Waals surface area (Å²) in [4.78, 5) is 11.4. The van der Waals surface area contributed by atoms with Gasteiger partial charge < -0.3 is 5.73 Å². The van der Waals surface area contributed by atoms with Crippen LogP contribution < -0.4 is 10.5 Å². The van der Waals surface area contributed by atoms with Crippen molar-refractivity contribution in [3.05, 3.63) is 24.3 Å². The van der Waals surface area contributed by atoms with Gasteiger partial charge in [-0.05, 0) is 26.0 Å². The van der Waals surface area contributed by atoms with E-state index in [1.165, 1.54) is 11.8 Å². The van der Waals surface area contributed by atoms with E-state index < -0.39 is 21.2 Å². The smallest absolute Gasteiger partial charge is 0.235 e. The van der Waals surface area contributed by atoms with Gasteiger partial charge in [-0.1, -0.05) is 12.1 Å². The van der Waals surface area contributed by atoms with Crippen LogP contribution in [0.5, 0.6) is 0 Å². The number of carbonyl (C=O) groups excluding carboxylic acids is 1. The summed E-state index contributed by atoms with van der Waals surface area (Å²) in [5.74, 6) is -0.332. The first-order valence-corrected chi connectivity index (χ1v) is 7.88. The molecule has 0 aromatic heterocycles. The molecule has 0 aliphatic carbocycles. The molecule has 0 heterocycles. The third-order valence-corrected chi connectivity index (χ3v) is 4.97. The molecule has 3 N–H and O–H groups in total. The SMILES string of the molecule is CC(C)S(=O)(=O)Nc1ccccc1SCC(N)=O. The van der Waals surface area contributed by atoms with Crippen LogP contribution in [0.25, 0.3) is 0 Å². The Morgan fingerprint density at radius 2 is 2.00 bits per heavy atom. The molecule has 100 valence electrons. The van der Waals surface area contributed by atoms with Crippen LogP contribution in [-0.2, 0) is 14.8 Å². The molecule has 1 rings (SSSR count). The zero-order chi connectivity index (χ0) is 13.8. The number of carbonyl (C=O) groups is 1. The van der Waals surface area contributed by atoms with Crippen molar-refractivity contribution in [3.63, 3.8) is 0 Å².